The van der Waals surface area contributed by atoms with Crippen molar-refractivity contribution in [1.29, 1.82) is 0 Å². The van der Waals surface area contributed by atoms with Crippen LogP contribution in [0.15, 0.2) is 0 Å². The molecule has 0 aliphatic heterocycles. The number of nitrogens with zero attached hydrogens (tertiary/aromatic N) is 1. The number of carbonyl (C=O) groups is 1. The molecule has 3 nitrogen and oxygen atoms in total. The van der Waals surface area contributed by atoms with Crippen molar-refractivity contribution in [2.24, 2.45) is 5.92 Å². The lowest BCUT2D eigenvalue weighted by atomic mass is 10.2. The van der Waals surface area contributed by atoms with Crippen LogP contribution in [0.4, 0.5) is 0 Å². The Bertz CT molecular complexity index is 118. The Balaban J connectivity index is 3.34. The molecule has 0 rings (SSSR count). The lowest BCUT2D eigenvalue weighted by Gasteiger charge is -2.10. The van der Waals surface area contributed by atoms with Gasteiger partial charge in [0.25, 0.3) is 0 Å². The third-order valence-electron chi connectivity index (χ3n) is 1.49. The molecular formula is C9H20N2O. The molecule has 0 saturated heterocycles. The first-order chi connectivity index (χ1) is 5.52. The summed E-state index contributed by atoms with van der Waals surface area (Å²) in [6, 6.07) is 0. The van der Waals surface area contributed by atoms with E-state index in [1.165, 1.54) is 0 Å². The molecule has 0 unspecified atom stereocenters. The van der Waals surface area contributed by atoms with Crippen LogP contribution < -0.4 is 5.32 Å². The second kappa shape index (κ2) is 6.00. The Labute approximate surface area is 75.1 Å². The second-order valence-electron chi connectivity index (χ2n) is 3.75. The molecule has 12 heavy (non-hydrogen) atoms. The average Bonchev–Trinajstić information content (AvgIpc) is 1.96. The summed E-state index contributed by atoms with van der Waals surface area (Å²) in [6.07, 6.45) is 0.597. The number of hydrogen-bond acceptors (Lipinski definition) is 2. The monoisotopic (exact) mass is 172 g/mol. The largest absolute Gasteiger partial charge is 0.356 e. The van der Waals surface area contributed by atoms with E-state index in [2.05, 4.69) is 19.2 Å². The van der Waals surface area contributed by atoms with Crippen LogP contribution in [-0.4, -0.2) is 38.0 Å². The molecule has 0 heterocycles. The van der Waals surface area contributed by atoms with E-state index >= 15 is 0 Å². The van der Waals surface area contributed by atoms with E-state index in [1.54, 1.807) is 0 Å². The summed E-state index contributed by atoms with van der Waals surface area (Å²) in [7, 11) is 3.94. The number of hydrogen-bond donors (Lipinski definition) is 1. The summed E-state index contributed by atoms with van der Waals surface area (Å²) in [6.45, 7) is 5.79. The van der Waals surface area contributed by atoms with Crippen LogP contribution >= 0.6 is 0 Å². The van der Waals surface area contributed by atoms with E-state index < -0.39 is 0 Å². The summed E-state index contributed by atoms with van der Waals surface area (Å²) < 4.78 is 0. The van der Waals surface area contributed by atoms with Crippen molar-refractivity contribution in [2.45, 2.75) is 20.3 Å². The van der Waals surface area contributed by atoms with Gasteiger partial charge in [0.2, 0.25) is 5.91 Å². The van der Waals surface area contributed by atoms with E-state index in [0.29, 0.717) is 12.3 Å². The zero-order chi connectivity index (χ0) is 9.56. The van der Waals surface area contributed by atoms with Gasteiger partial charge in [-0.15, -0.1) is 0 Å². The van der Waals surface area contributed by atoms with Crippen molar-refractivity contribution in [3.8, 4) is 0 Å². The molecule has 0 aromatic heterocycles. The third kappa shape index (κ3) is 7.54. The van der Waals surface area contributed by atoms with Crippen molar-refractivity contribution in [3.63, 3.8) is 0 Å². The number of carbonyl (C=O) groups excluding carboxylic acids is 1. The zero-order valence-corrected chi connectivity index (χ0v) is 8.55. The first-order valence-corrected chi connectivity index (χ1v) is 4.43. The zero-order valence-electron chi connectivity index (χ0n) is 8.55. The maximum absolute atomic E-state index is 11.1. The highest BCUT2D eigenvalue weighted by Crippen LogP contribution is 1.89. The molecule has 0 aliphatic carbocycles. The van der Waals surface area contributed by atoms with Gasteiger partial charge in [-0.3, -0.25) is 4.79 Å². The Morgan fingerprint density at radius 2 is 2.00 bits per heavy atom. The van der Waals surface area contributed by atoms with E-state index in [-0.39, 0.29) is 5.91 Å². The third-order valence-corrected chi connectivity index (χ3v) is 1.49. The Morgan fingerprint density at radius 1 is 1.42 bits per heavy atom. The molecule has 3 heteroatoms. The average molecular weight is 172 g/mol. The van der Waals surface area contributed by atoms with Gasteiger partial charge in [-0.05, 0) is 20.0 Å². The minimum Gasteiger partial charge on any atom is -0.356 e. The van der Waals surface area contributed by atoms with Crippen LogP contribution in [0.25, 0.3) is 0 Å². The lowest BCUT2D eigenvalue weighted by Crippen LogP contribution is -2.30. The van der Waals surface area contributed by atoms with Crippen molar-refractivity contribution in [1.82, 2.24) is 10.2 Å². The Hall–Kier alpha value is -0.570. The number of rotatable bonds is 5. The van der Waals surface area contributed by atoms with Crippen LogP contribution in [0.3, 0.4) is 0 Å². The predicted molar refractivity (Wildman–Crippen MR) is 51.0 cm³/mol. The van der Waals surface area contributed by atoms with Gasteiger partial charge in [0.05, 0.1) is 0 Å². The molecule has 0 spiro atoms. The molecule has 0 aromatic rings. The van der Waals surface area contributed by atoms with Gasteiger partial charge in [0.1, 0.15) is 0 Å². The highest BCUT2D eigenvalue weighted by molar-refractivity contribution is 5.75. The smallest absolute Gasteiger partial charge is 0.221 e. The molecule has 0 aromatic carbocycles. The summed E-state index contributed by atoms with van der Waals surface area (Å²) in [4.78, 5) is 13.1. The van der Waals surface area contributed by atoms with Crippen LogP contribution in [0.1, 0.15) is 20.3 Å². The van der Waals surface area contributed by atoms with Gasteiger partial charge < -0.3 is 10.2 Å². The molecule has 0 atom stereocenters. The van der Waals surface area contributed by atoms with E-state index in [4.69, 9.17) is 0 Å². The van der Waals surface area contributed by atoms with Gasteiger partial charge in [0.15, 0.2) is 0 Å². The predicted octanol–water partition coefficient (Wildman–Crippen LogP) is 0.710. The Kier molecular flexibility index (Phi) is 5.72. The minimum absolute atomic E-state index is 0.150. The van der Waals surface area contributed by atoms with Gasteiger partial charge in [-0.25, -0.2) is 0 Å². The summed E-state index contributed by atoms with van der Waals surface area (Å²) in [5, 5.41) is 2.87. The highest BCUT2D eigenvalue weighted by atomic mass is 16.1. The maximum atomic E-state index is 11.1. The van der Waals surface area contributed by atoms with Gasteiger partial charge in [0, 0.05) is 19.5 Å². The van der Waals surface area contributed by atoms with Crippen molar-refractivity contribution >= 4 is 5.91 Å². The molecule has 72 valence electrons. The first kappa shape index (κ1) is 11.4. The molecule has 0 aliphatic rings. The Morgan fingerprint density at radius 3 is 2.42 bits per heavy atom. The summed E-state index contributed by atoms with van der Waals surface area (Å²) in [5.41, 5.74) is 0. The quantitative estimate of drug-likeness (QED) is 0.662. The summed E-state index contributed by atoms with van der Waals surface area (Å²) >= 11 is 0. The normalized spacial score (nSPS) is 10.8. The van der Waals surface area contributed by atoms with Crippen molar-refractivity contribution in [3.05, 3.63) is 0 Å². The molecule has 0 bridgehead atoms. The fourth-order valence-electron chi connectivity index (χ4n) is 0.731. The fourth-order valence-corrected chi connectivity index (χ4v) is 0.731. The van der Waals surface area contributed by atoms with Gasteiger partial charge >= 0.3 is 0 Å². The summed E-state index contributed by atoms with van der Waals surface area (Å²) in [5.74, 6) is 0.686. The topological polar surface area (TPSA) is 32.3 Å². The van der Waals surface area contributed by atoms with Crippen LogP contribution in [0.2, 0.25) is 0 Å². The van der Waals surface area contributed by atoms with E-state index in [1.807, 2.05) is 19.0 Å². The maximum Gasteiger partial charge on any atom is 0.221 e. The highest BCUT2D eigenvalue weighted by Gasteiger charge is 2.01. The van der Waals surface area contributed by atoms with Crippen molar-refractivity contribution < 1.29 is 4.79 Å². The standard InChI is InChI=1S/C9H20N2O/c1-8(2)7-10-9(12)5-6-11(3)4/h8H,5-7H2,1-4H3,(H,10,12). The molecule has 1 N–H and O–H groups in total. The molecule has 0 fully saturated rings. The number of amides is 1. The fraction of sp³-hybridized carbons (Fsp3) is 0.889. The molecule has 0 saturated carbocycles. The van der Waals surface area contributed by atoms with Crippen LogP contribution in [-0.2, 0) is 4.79 Å². The molecular weight excluding hydrogens is 152 g/mol. The second-order valence-corrected chi connectivity index (χ2v) is 3.75. The van der Waals surface area contributed by atoms with Crippen LogP contribution in [0, 0.1) is 5.92 Å². The first-order valence-electron chi connectivity index (χ1n) is 4.43. The molecule has 1 amide bonds. The minimum atomic E-state index is 0.150. The van der Waals surface area contributed by atoms with Gasteiger partial charge in [-0.2, -0.15) is 0 Å². The van der Waals surface area contributed by atoms with E-state index in [9.17, 15) is 4.79 Å². The lowest BCUT2D eigenvalue weighted by molar-refractivity contribution is -0.121. The SMILES string of the molecule is CC(C)CNC(=O)CCN(C)C. The van der Waals surface area contributed by atoms with Crippen LogP contribution in [0.5, 0.6) is 0 Å². The number of nitrogens with one attached hydrogen (secondary N) is 1. The molecule has 0 radical (unpaired) electrons. The van der Waals surface area contributed by atoms with Crippen molar-refractivity contribution in [2.75, 3.05) is 27.2 Å². The van der Waals surface area contributed by atoms with Gasteiger partial charge in [-0.1, -0.05) is 13.8 Å². The van der Waals surface area contributed by atoms with E-state index in [0.717, 1.165) is 13.1 Å².